The lowest BCUT2D eigenvalue weighted by atomic mass is 9.94. The highest BCUT2D eigenvalue weighted by atomic mass is 19.1. The number of aryl methyl sites for hydroxylation is 3. The van der Waals surface area contributed by atoms with Gasteiger partial charge in [0.25, 0.3) is 0 Å². The van der Waals surface area contributed by atoms with Gasteiger partial charge in [0.15, 0.2) is 0 Å². The second kappa shape index (κ2) is 6.06. The van der Waals surface area contributed by atoms with Crippen LogP contribution in [0.4, 0.5) is 10.1 Å². The third kappa shape index (κ3) is 3.17. The topological polar surface area (TPSA) is 32.3 Å². The number of rotatable bonds is 4. The first-order chi connectivity index (χ1) is 9.51. The molecule has 0 heterocycles. The Hall–Kier alpha value is -1.87. The Bertz CT molecular complexity index is 569. The zero-order valence-electron chi connectivity index (χ0n) is 12.1. The Kier molecular flexibility index (Phi) is 4.40. The molecule has 3 heteroatoms. The molecule has 0 amide bonds. The highest BCUT2D eigenvalue weighted by Gasteiger charge is 2.15. The lowest BCUT2D eigenvalue weighted by molar-refractivity contribution is 0.275. The van der Waals surface area contributed by atoms with Crippen LogP contribution in [0.2, 0.25) is 0 Å². The maximum Gasteiger partial charge on any atom is 0.123 e. The summed E-state index contributed by atoms with van der Waals surface area (Å²) in [6, 6.07) is 10.2. The monoisotopic (exact) mass is 273 g/mol. The predicted octanol–water partition coefficient (Wildman–Crippen LogP) is 3.90. The van der Waals surface area contributed by atoms with Crippen LogP contribution < -0.4 is 5.32 Å². The minimum atomic E-state index is -0.265. The van der Waals surface area contributed by atoms with Crippen molar-refractivity contribution in [2.75, 3.05) is 11.9 Å². The molecule has 0 bridgehead atoms. The first-order valence-corrected chi connectivity index (χ1v) is 6.72. The first kappa shape index (κ1) is 14.5. The summed E-state index contributed by atoms with van der Waals surface area (Å²) in [4.78, 5) is 0. The van der Waals surface area contributed by atoms with Gasteiger partial charge >= 0.3 is 0 Å². The largest absolute Gasteiger partial charge is 0.394 e. The molecule has 2 rings (SSSR count). The Morgan fingerprint density at radius 2 is 1.60 bits per heavy atom. The molecule has 1 atom stereocenters. The van der Waals surface area contributed by atoms with Crippen LogP contribution >= 0.6 is 0 Å². The number of hydrogen-bond acceptors (Lipinski definition) is 2. The third-order valence-electron chi connectivity index (χ3n) is 3.45. The number of hydrogen-bond donors (Lipinski definition) is 2. The van der Waals surface area contributed by atoms with Gasteiger partial charge in [-0.15, -0.1) is 0 Å². The van der Waals surface area contributed by atoms with Crippen LogP contribution in [0.5, 0.6) is 0 Å². The van der Waals surface area contributed by atoms with Crippen LogP contribution in [0.25, 0.3) is 0 Å². The van der Waals surface area contributed by atoms with Gasteiger partial charge in [0, 0.05) is 5.69 Å². The Morgan fingerprint density at radius 3 is 2.10 bits per heavy atom. The average molecular weight is 273 g/mol. The van der Waals surface area contributed by atoms with Gasteiger partial charge in [0.1, 0.15) is 5.82 Å². The molecule has 0 radical (unpaired) electrons. The molecule has 0 saturated carbocycles. The van der Waals surface area contributed by atoms with E-state index in [9.17, 15) is 9.50 Å². The van der Waals surface area contributed by atoms with Crippen LogP contribution in [-0.4, -0.2) is 11.7 Å². The highest BCUT2D eigenvalue weighted by molar-refractivity contribution is 5.49. The van der Waals surface area contributed by atoms with Crippen molar-refractivity contribution in [1.29, 1.82) is 0 Å². The van der Waals surface area contributed by atoms with Gasteiger partial charge in [-0.2, -0.15) is 0 Å². The highest BCUT2D eigenvalue weighted by Crippen LogP contribution is 2.26. The van der Waals surface area contributed by atoms with Crippen molar-refractivity contribution in [3.05, 3.63) is 64.5 Å². The molecule has 0 aromatic heterocycles. The molecule has 2 nitrogen and oxygen atoms in total. The SMILES string of the molecule is Cc1cc(C)c(C(CO)Nc2ccc(F)cc2)c(C)c1. The second-order valence-electron chi connectivity index (χ2n) is 5.20. The van der Waals surface area contributed by atoms with Crippen LogP contribution in [0.15, 0.2) is 36.4 Å². The van der Waals surface area contributed by atoms with Gasteiger partial charge in [-0.05, 0) is 61.7 Å². The van der Waals surface area contributed by atoms with E-state index < -0.39 is 0 Å². The smallest absolute Gasteiger partial charge is 0.123 e. The first-order valence-electron chi connectivity index (χ1n) is 6.72. The minimum Gasteiger partial charge on any atom is -0.394 e. The maximum absolute atomic E-state index is 12.9. The Labute approximate surface area is 119 Å². The van der Waals surface area contributed by atoms with Gasteiger partial charge < -0.3 is 10.4 Å². The van der Waals surface area contributed by atoms with Gasteiger partial charge in [-0.3, -0.25) is 0 Å². The molecule has 1 unspecified atom stereocenters. The predicted molar refractivity (Wildman–Crippen MR) is 80.5 cm³/mol. The summed E-state index contributed by atoms with van der Waals surface area (Å²) in [5.41, 5.74) is 5.40. The van der Waals surface area contributed by atoms with Gasteiger partial charge in [-0.1, -0.05) is 17.7 Å². The molecule has 0 aliphatic rings. The summed E-state index contributed by atoms with van der Waals surface area (Å²) in [6.07, 6.45) is 0. The Balaban J connectivity index is 2.31. The van der Waals surface area contributed by atoms with Crippen molar-refractivity contribution in [3.63, 3.8) is 0 Å². The molecule has 2 aromatic carbocycles. The van der Waals surface area contributed by atoms with E-state index in [4.69, 9.17) is 0 Å². The standard InChI is InChI=1S/C17H20FNO/c1-11-8-12(2)17(13(3)9-11)16(10-20)19-15-6-4-14(18)5-7-15/h4-9,16,19-20H,10H2,1-3H3. The number of aliphatic hydroxyl groups is 1. The summed E-state index contributed by atoms with van der Waals surface area (Å²) >= 11 is 0. The van der Waals surface area contributed by atoms with E-state index >= 15 is 0 Å². The van der Waals surface area contributed by atoms with Crippen LogP contribution in [0.1, 0.15) is 28.3 Å². The molecule has 0 spiro atoms. The molecular formula is C17H20FNO. The van der Waals surface area contributed by atoms with E-state index in [1.54, 1.807) is 12.1 Å². The summed E-state index contributed by atoms with van der Waals surface area (Å²) in [5.74, 6) is -0.265. The summed E-state index contributed by atoms with van der Waals surface area (Å²) in [6.45, 7) is 6.14. The normalized spacial score (nSPS) is 12.2. The molecule has 0 aliphatic heterocycles. The molecule has 0 saturated heterocycles. The fraction of sp³-hybridized carbons (Fsp3) is 0.294. The molecular weight excluding hydrogens is 253 g/mol. The summed E-state index contributed by atoms with van der Waals surface area (Å²) in [5, 5.41) is 12.9. The van der Waals surface area contributed by atoms with E-state index in [1.807, 2.05) is 13.8 Å². The van der Waals surface area contributed by atoms with Crippen LogP contribution in [-0.2, 0) is 0 Å². The molecule has 106 valence electrons. The van der Waals surface area contributed by atoms with Gasteiger partial charge in [0.2, 0.25) is 0 Å². The number of halogens is 1. The fourth-order valence-corrected chi connectivity index (χ4v) is 2.70. The molecule has 2 aromatic rings. The van der Waals surface area contributed by atoms with E-state index in [2.05, 4.69) is 24.4 Å². The maximum atomic E-state index is 12.9. The number of nitrogens with one attached hydrogen (secondary N) is 1. The number of benzene rings is 2. The lowest BCUT2D eigenvalue weighted by Crippen LogP contribution is -2.17. The van der Waals surface area contributed by atoms with E-state index in [-0.39, 0.29) is 18.5 Å². The van der Waals surface area contributed by atoms with Crippen molar-refractivity contribution >= 4 is 5.69 Å². The second-order valence-corrected chi connectivity index (χ2v) is 5.20. The quantitative estimate of drug-likeness (QED) is 0.885. The molecule has 20 heavy (non-hydrogen) atoms. The van der Waals surface area contributed by atoms with Gasteiger partial charge in [0.05, 0.1) is 12.6 Å². The Morgan fingerprint density at radius 1 is 1.05 bits per heavy atom. The van der Waals surface area contributed by atoms with Crippen molar-refractivity contribution < 1.29 is 9.50 Å². The van der Waals surface area contributed by atoms with Crippen molar-refractivity contribution in [1.82, 2.24) is 0 Å². The van der Waals surface area contributed by atoms with Crippen molar-refractivity contribution in [2.45, 2.75) is 26.8 Å². The van der Waals surface area contributed by atoms with Crippen LogP contribution in [0, 0.1) is 26.6 Å². The van der Waals surface area contributed by atoms with E-state index in [0.29, 0.717) is 0 Å². The zero-order valence-corrected chi connectivity index (χ0v) is 12.1. The van der Waals surface area contributed by atoms with Crippen molar-refractivity contribution in [2.24, 2.45) is 0 Å². The minimum absolute atomic E-state index is 0.0118. The molecule has 0 fully saturated rings. The van der Waals surface area contributed by atoms with Crippen LogP contribution in [0.3, 0.4) is 0 Å². The van der Waals surface area contributed by atoms with Gasteiger partial charge in [-0.25, -0.2) is 4.39 Å². The number of anilines is 1. The third-order valence-corrected chi connectivity index (χ3v) is 3.45. The molecule has 2 N–H and O–H groups in total. The van der Waals surface area contributed by atoms with E-state index in [1.165, 1.54) is 17.7 Å². The van der Waals surface area contributed by atoms with E-state index in [0.717, 1.165) is 22.4 Å². The number of aliphatic hydroxyl groups excluding tert-OH is 1. The van der Waals surface area contributed by atoms with Crippen molar-refractivity contribution in [3.8, 4) is 0 Å². The summed E-state index contributed by atoms with van der Waals surface area (Å²) in [7, 11) is 0. The summed E-state index contributed by atoms with van der Waals surface area (Å²) < 4.78 is 12.9. The average Bonchev–Trinajstić information content (AvgIpc) is 2.38. The molecule has 0 aliphatic carbocycles. The zero-order chi connectivity index (χ0) is 14.7. The lowest BCUT2D eigenvalue weighted by Gasteiger charge is -2.22. The fourth-order valence-electron chi connectivity index (χ4n) is 2.70.